The standard InChI is InChI=1S/C15H23NOS/c1-3-12-7-9-13(10-8-12)18(17)14-6-4-5-11(2)15(14)16/h4-6,12-13H,3,7-10,16H2,1-2H3. The predicted octanol–water partition coefficient (Wildman–Crippen LogP) is 3.65. The maximum Gasteiger partial charge on any atom is 0.0622 e. The monoisotopic (exact) mass is 265 g/mol. The minimum atomic E-state index is -0.934. The zero-order chi connectivity index (χ0) is 13.1. The highest BCUT2D eigenvalue weighted by molar-refractivity contribution is 7.85. The average Bonchev–Trinajstić information content (AvgIpc) is 2.41. The second-order valence-electron chi connectivity index (χ2n) is 5.34. The van der Waals surface area contributed by atoms with Gasteiger partial charge in [0.25, 0.3) is 0 Å². The van der Waals surface area contributed by atoms with E-state index in [1.165, 1.54) is 19.3 Å². The van der Waals surface area contributed by atoms with Crippen LogP contribution in [-0.4, -0.2) is 9.46 Å². The molecular weight excluding hydrogens is 242 g/mol. The fraction of sp³-hybridized carbons (Fsp3) is 0.600. The highest BCUT2D eigenvalue weighted by Crippen LogP contribution is 2.33. The van der Waals surface area contributed by atoms with Crippen molar-refractivity contribution in [2.75, 3.05) is 5.73 Å². The van der Waals surface area contributed by atoms with Crippen LogP contribution in [-0.2, 0) is 10.8 Å². The maximum absolute atomic E-state index is 12.6. The van der Waals surface area contributed by atoms with Gasteiger partial charge in [0.2, 0.25) is 0 Å². The van der Waals surface area contributed by atoms with Gasteiger partial charge in [-0.25, -0.2) is 0 Å². The van der Waals surface area contributed by atoms with E-state index in [0.29, 0.717) is 10.9 Å². The van der Waals surface area contributed by atoms with Crippen molar-refractivity contribution in [2.45, 2.75) is 56.1 Å². The molecule has 2 nitrogen and oxygen atoms in total. The Kier molecular flexibility index (Phi) is 4.44. The van der Waals surface area contributed by atoms with E-state index in [4.69, 9.17) is 5.73 Å². The number of benzene rings is 1. The Morgan fingerprint density at radius 2 is 1.94 bits per heavy atom. The lowest BCUT2D eigenvalue weighted by Gasteiger charge is -2.27. The van der Waals surface area contributed by atoms with Gasteiger partial charge in [0.1, 0.15) is 0 Å². The summed E-state index contributed by atoms with van der Waals surface area (Å²) in [6.07, 6.45) is 5.86. The Morgan fingerprint density at radius 1 is 1.28 bits per heavy atom. The molecule has 0 bridgehead atoms. The topological polar surface area (TPSA) is 43.1 Å². The summed E-state index contributed by atoms with van der Waals surface area (Å²) in [6.45, 7) is 4.23. The van der Waals surface area contributed by atoms with Crippen molar-refractivity contribution < 1.29 is 4.21 Å². The van der Waals surface area contributed by atoms with Crippen LogP contribution in [0, 0.1) is 12.8 Å². The molecule has 0 spiro atoms. The number of aryl methyl sites for hydroxylation is 1. The van der Waals surface area contributed by atoms with E-state index < -0.39 is 10.8 Å². The fourth-order valence-corrected chi connectivity index (χ4v) is 4.41. The van der Waals surface area contributed by atoms with Gasteiger partial charge in [-0.1, -0.05) is 25.5 Å². The fourth-order valence-electron chi connectivity index (χ4n) is 2.76. The van der Waals surface area contributed by atoms with Crippen molar-refractivity contribution >= 4 is 16.5 Å². The Balaban J connectivity index is 2.10. The van der Waals surface area contributed by atoms with E-state index in [1.807, 2.05) is 25.1 Å². The highest BCUT2D eigenvalue weighted by atomic mass is 32.2. The first kappa shape index (κ1) is 13.6. The first-order valence-electron chi connectivity index (χ1n) is 6.89. The minimum Gasteiger partial charge on any atom is -0.398 e. The molecule has 1 aromatic rings. The Hall–Kier alpha value is -0.830. The molecule has 100 valence electrons. The molecule has 0 radical (unpaired) electrons. The summed E-state index contributed by atoms with van der Waals surface area (Å²) < 4.78 is 12.6. The highest BCUT2D eigenvalue weighted by Gasteiger charge is 2.26. The van der Waals surface area contributed by atoms with Gasteiger partial charge < -0.3 is 5.73 Å². The van der Waals surface area contributed by atoms with Crippen LogP contribution in [0.1, 0.15) is 44.6 Å². The quantitative estimate of drug-likeness (QED) is 0.848. The zero-order valence-electron chi connectivity index (χ0n) is 11.3. The second-order valence-corrected chi connectivity index (χ2v) is 7.04. The smallest absolute Gasteiger partial charge is 0.0622 e. The van der Waals surface area contributed by atoms with Crippen LogP contribution in [0.4, 0.5) is 5.69 Å². The number of hydrogen-bond donors (Lipinski definition) is 1. The normalized spacial score (nSPS) is 25.9. The largest absolute Gasteiger partial charge is 0.398 e. The van der Waals surface area contributed by atoms with Gasteiger partial charge in [-0.15, -0.1) is 0 Å². The summed E-state index contributed by atoms with van der Waals surface area (Å²) in [5.74, 6) is 0.841. The van der Waals surface area contributed by atoms with Crippen molar-refractivity contribution in [2.24, 2.45) is 5.92 Å². The Morgan fingerprint density at radius 3 is 2.56 bits per heavy atom. The number of hydrogen-bond acceptors (Lipinski definition) is 2. The third-order valence-electron chi connectivity index (χ3n) is 4.17. The predicted molar refractivity (Wildman–Crippen MR) is 78.0 cm³/mol. The van der Waals surface area contributed by atoms with Crippen LogP contribution < -0.4 is 5.73 Å². The number of nitrogens with two attached hydrogens (primary N) is 1. The number of para-hydroxylation sites is 1. The van der Waals surface area contributed by atoms with E-state index in [0.717, 1.165) is 29.2 Å². The lowest BCUT2D eigenvalue weighted by molar-refractivity contribution is 0.353. The maximum atomic E-state index is 12.6. The Labute approximate surface area is 112 Å². The third-order valence-corrected chi connectivity index (χ3v) is 6.04. The summed E-state index contributed by atoms with van der Waals surface area (Å²) >= 11 is 0. The molecule has 0 aromatic heterocycles. The van der Waals surface area contributed by atoms with Crippen LogP contribution in [0.15, 0.2) is 23.1 Å². The molecule has 18 heavy (non-hydrogen) atoms. The van der Waals surface area contributed by atoms with E-state index >= 15 is 0 Å². The molecular formula is C15H23NOS. The van der Waals surface area contributed by atoms with E-state index in [-0.39, 0.29) is 0 Å². The van der Waals surface area contributed by atoms with Gasteiger partial charge in [-0.2, -0.15) is 0 Å². The average molecular weight is 265 g/mol. The minimum absolute atomic E-state index is 0.303. The summed E-state index contributed by atoms with van der Waals surface area (Å²) in [4.78, 5) is 0.843. The van der Waals surface area contributed by atoms with Gasteiger partial charge in [-0.3, -0.25) is 4.21 Å². The third kappa shape index (κ3) is 2.77. The van der Waals surface area contributed by atoms with Crippen molar-refractivity contribution in [3.05, 3.63) is 23.8 Å². The molecule has 1 fully saturated rings. The van der Waals surface area contributed by atoms with Crippen molar-refractivity contribution in [3.63, 3.8) is 0 Å². The molecule has 1 atom stereocenters. The summed E-state index contributed by atoms with van der Waals surface area (Å²) in [6, 6.07) is 5.85. The van der Waals surface area contributed by atoms with Crippen molar-refractivity contribution in [1.29, 1.82) is 0 Å². The lowest BCUT2D eigenvalue weighted by Crippen LogP contribution is -2.23. The SMILES string of the molecule is CCC1CCC(S(=O)c2cccc(C)c2N)CC1. The second kappa shape index (κ2) is 5.87. The molecule has 2 N–H and O–H groups in total. The van der Waals surface area contributed by atoms with Crippen LogP contribution in [0.25, 0.3) is 0 Å². The number of anilines is 1. The van der Waals surface area contributed by atoms with Crippen LogP contribution in [0.2, 0.25) is 0 Å². The van der Waals surface area contributed by atoms with Gasteiger partial charge in [0.05, 0.1) is 21.4 Å². The molecule has 1 unspecified atom stereocenters. The number of nitrogen functional groups attached to an aromatic ring is 1. The zero-order valence-corrected chi connectivity index (χ0v) is 12.1. The first-order valence-corrected chi connectivity index (χ1v) is 8.10. The summed E-state index contributed by atoms with van der Waals surface area (Å²) in [5.41, 5.74) is 7.80. The molecule has 0 aliphatic heterocycles. The molecule has 3 heteroatoms. The molecule has 0 saturated heterocycles. The van der Waals surface area contributed by atoms with Crippen LogP contribution in [0.3, 0.4) is 0 Å². The van der Waals surface area contributed by atoms with E-state index in [2.05, 4.69) is 6.92 Å². The molecule has 2 rings (SSSR count). The van der Waals surface area contributed by atoms with Gasteiger partial charge in [0, 0.05) is 5.25 Å². The van der Waals surface area contributed by atoms with Crippen LogP contribution >= 0.6 is 0 Å². The first-order chi connectivity index (χ1) is 8.63. The van der Waals surface area contributed by atoms with Gasteiger partial charge in [0.15, 0.2) is 0 Å². The molecule has 0 heterocycles. The molecule has 0 amide bonds. The summed E-state index contributed by atoms with van der Waals surface area (Å²) in [5, 5.41) is 0.303. The van der Waals surface area contributed by atoms with E-state index in [1.54, 1.807) is 0 Å². The van der Waals surface area contributed by atoms with Crippen molar-refractivity contribution in [3.8, 4) is 0 Å². The van der Waals surface area contributed by atoms with Crippen LogP contribution in [0.5, 0.6) is 0 Å². The molecule has 1 aliphatic carbocycles. The number of rotatable bonds is 3. The molecule has 1 saturated carbocycles. The van der Waals surface area contributed by atoms with Crippen molar-refractivity contribution in [1.82, 2.24) is 0 Å². The summed E-state index contributed by atoms with van der Waals surface area (Å²) in [7, 11) is -0.934. The Bertz CT molecular complexity index is 436. The molecule has 1 aliphatic rings. The van der Waals surface area contributed by atoms with Gasteiger partial charge >= 0.3 is 0 Å². The lowest BCUT2D eigenvalue weighted by atomic mass is 9.87. The molecule has 1 aromatic carbocycles. The van der Waals surface area contributed by atoms with E-state index in [9.17, 15) is 4.21 Å². The van der Waals surface area contributed by atoms with Gasteiger partial charge in [-0.05, 0) is 50.2 Å².